The van der Waals surface area contributed by atoms with Gasteiger partial charge in [-0.1, -0.05) is 72.4 Å². The molecule has 0 spiro atoms. The van der Waals surface area contributed by atoms with Gasteiger partial charge in [0.15, 0.2) is 0 Å². The molecule has 4 aromatic rings. The van der Waals surface area contributed by atoms with Crippen LogP contribution in [-0.4, -0.2) is 27.0 Å². The van der Waals surface area contributed by atoms with Crippen molar-refractivity contribution >= 4 is 33.9 Å². The number of ether oxygens (including phenoxy) is 1. The third kappa shape index (κ3) is 4.95. The fourth-order valence-corrected chi connectivity index (χ4v) is 5.21. The molecule has 5 rings (SSSR count). The lowest BCUT2D eigenvalue weighted by Crippen LogP contribution is -2.29. The summed E-state index contributed by atoms with van der Waals surface area (Å²) in [5.41, 5.74) is 4.46. The van der Waals surface area contributed by atoms with E-state index >= 15 is 0 Å². The maximum absolute atomic E-state index is 13.3. The van der Waals surface area contributed by atoms with Crippen LogP contribution in [0, 0.1) is 13.8 Å². The Morgan fingerprint density at radius 1 is 0.974 bits per heavy atom. The second-order valence-electron chi connectivity index (χ2n) is 9.17. The molecule has 3 aromatic carbocycles. The first kappa shape index (κ1) is 25.4. The molecule has 1 aromatic heterocycles. The summed E-state index contributed by atoms with van der Waals surface area (Å²) in [6.45, 7) is 6.28. The van der Waals surface area contributed by atoms with Crippen molar-refractivity contribution in [3.63, 3.8) is 0 Å². The molecule has 1 N–H and O–H groups in total. The number of amides is 1. The summed E-state index contributed by atoms with van der Waals surface area (Å²) in [7, 11) is 0. The molecule has 1 atom stereocenters. The first-order valence-corrected chi connectivity index (χ1v) is 13.2. The van der Waals surface area contributed by atoms with Gasteiger partial charge in [-0.25, -0.2) is 0 Å². The Bertz CT molecular complexity index is 1520. The molecule has 192 valence electrons. The maximum atomic E-state index is 13.3. The third-order valence-electron chi connectivity index (χ3n) is 6.49. The highest BCUT2D eigenvalue weighted by molar-refractivity contribution is 7.15. The van der Waals surface area contributed by atoms with Crippen LogP contribution in [0.3, 0.4) is 0 Å². The first-order valence-electron chi connectivity index (χ1n) is 12.3. The fourth-order valence-electron chi connectivity index (χ4n) is 4.50. The number of aliphatic hydroxyl groups is 1. The Hall–Kier alpha value is -4.30. The van der Waals surface area contributed by atoms with Crippen LogP contribution in [0.1, 0.15) is 45.8 Å². The van der Waals surface area contributed by atoms with Gasteiger partial charge in [0.1, 0.15) is 23.1 Å². The summed E-state index contributed by atoms with van der Waals surface area (Å²) in [5, 5.41) is 20.5. The number of aliphatic hydroxyl groups excluding tert-OH is 1. The lowest BCUT2D eigenvalue weighted by molar-refractivity contribution is -0.132. The van der Waals surface area contributed by atoms with Crippen LogP contribution in [0.2, 0.25) is 0 Å². The minimum atomic E-state index is -0.828. The van der Waals surface area contributed by atoms with Crippen molar-refractivity contribution < 1.29 is 19.4 Å². The first-order chi connectivity index (χ1) is 18.4. The van der Waals surface area contributed by atoms with E-state index in [1.54, 1.807) is 31.2 Å². The molecule has 2 heterocycles. The third-order valence-corrected chi connectivity index (χ3v) is 7.32. The van der Waals surface area contributed by atoms with Gasteiger partial charge in [0.2, 0.25) is 5.13 Å². The van der Waals surface area contributed by atoms with E-state index in [0.29, 0.717) is 33.6 Å². The Morgan fingerprint density at radius 2 is 1.71 bits per heavy atom. The monoisotopic (exact) mass is 525 g/mol. The van der Waals surface area contributed by atoms with Gasteiger partial charge in [-0.3, -0.25) is 14.5 Å². The molecule has 0 saturated carbocycles. The average molecular weight is 526 g/mol. The van der Waals surface area contributed by atoms with E-state index in [9.17, 15) is 14.7 Å². The molecular weight excluding hydrogens is 498 g/mol. The number of ketones is 1. The minimum Gasteiger partial charge on any atom is -0.507 e. The van der Waals surface area contributed by atoms with Crippen LogP contribution >= 0.6 is 11.3 Å². The lowest BCUT2D eigenvalue weighted by Gasteiger charge is -2.22. The van der Waals surface area contributed by atoms with E-state index < -0.39 is 17.7 Å². The van der Waals surface area contributed by atoms with Gasteiger partial charge in [-0.2, -0.15) is 0 Å². The average Bonchev–Trinajstić information content (AvgIpc) is 3.47. The second-order valence-corrected chi connectivity index (χ2v) is 10.3. The molecule has 8 heteroatoms. The van der Waals surface area contributed by atoms with Gasteiger partial charge < -0.3 is 9.84 Å². The van der Waals surface area contributed by atoms with Crippen LogP contribution in [-0.2, 0) is 22.6 Å². The molecule has 1 fully saturated rings. The van der Waals surface area contributed by atoms with Crippen molar-refractivity contribution in [2.45, 2.75) is 39.8 Å². The zero-order valence-electron chi connectivity index (χ0n) is 21.3. The predicted octanol–water partition coefficient (Wildman–Crippen LogP) is 5.92. The normalized spacial score (nSPS) is 16.7. The van der Waals surface area contributed by atoms with Crippen molar-refractivity contribution in [2.75, 3.05) is 4.90 Å². The van der Waals surface area contributed by atoms with Crippen LogP contribution in [0.5, 0.6) is 5.75 Å². The molecule has 1 saturated heterocycles. The molecule has 7 nitrogen and oxygen atoms in total. The Morgan fingerprint density at radius 3 is 2.34 bits per heavy atom. The summed E-state index contributed by atoms with van der Waals surface area (Å²) in [4.78, 5) is 27.8. The van der Waals surface area contributed by atoms with E-state index in [0.717, 1.165) is 23.1 Å². The molecule has 0 bridgehead atoms. The number of carbonyl (C=O) groups is 2. The van der Waals surface area contributed by atoms with Gasteiger partial charge in [0.25, 0.3) is 5.78 Å². The summed E-state index contributed by atoms with van der Waals surface area (Å²) >= 11 is 1.22. The topological polar surface area (TPSA) is 92.6 Å². The number of rotatable bonds is 7. The Labute approximate surface area is 225 Å². The lowest BCUT2D eigenvalue weighted by atomic mass is 9.94. The molecule has 1 aliphatic heterocycles. The number of anilines is 1. The molecule has 0 aliphatic carbocycles. The van der Waals surface area contributed by atoms with E-state index in [1.807, 2.05) is 49.4 Å². The standard InChI is InChI=1S/C30H27N3O4S/c1-4-20-8-10-22(11-9-20)26-25(28(35)29(36)33(26)30-32-31-19(3)38-30)27(34)23-12-14-24(15-13-23)37-17-21-7-5-6-18(2)16-21/h5-16,26,34H,4,17H2,1-3H3/t26-/m1/s1. The van der Waals surface area contributed by atoms with Gasteiger partial charge in [0.05, 0.1) is 11.6 Å². The van der Waals surface area contributed by atoms with Crippen molar-refractivity contribution in [3.05, 3.63) is 111 Å². The highest BCUT2D eigenvalue weighted by Gasteiger charge is 2.48. The molecule has 38 heavy (non-hydrogen) atoms. The van der Waals surface area contributed by atoms with Crippen molar-refractivity contribution in [3.8, 4) is 5.75 Å². The van der Waals surface area contributed by atoms with Crippen molar-refractivity contribution in [1.82, 2.24) is 10.2 Å². The minimum absolute atomic E-state index is 0.0144. The van der Waals surface area contributed by atoms with E-state index in [-0.39, 0.29) is 11.3 Å². The summed E-state index contributed by atoms with van der Waals surface area (Å²) in [6.07, 6.45) is 0.856. The number of carbonyl (C=O) groups excluding carboxylic acids is 2. The number of aryl methyl sites for hydroxylation is 3. The van der Waals surface area contributed by atoms with Crippen LogP contribution < -0.4 is 9.64 Å². The van der Waals surface area contributed by atoms with Gasteiger partial charge in [-0.15, -0.1) is 10.2 Å². The predicted molar refractivity (Wildman–Crippen MR) is 147 cm³/mol. The molecule has 0 unspecified atom stereocenters. The number of hydrogen-bond acceptors (Lipinski definition) is 7. The Balaban J connectivity index is 1.50. The zero-order valence-corrected chi connectivity index (χ0v) is 22.2. The number of benzene rings is 3. The second kappa shape index (κ2) is 10.6. The number of nitrogens with zero attached hydrogens (tertiary/aromatic N) is 3. The van der Waals surface area contributed by atoms with E-state index in [1.165, 1.54) is 16.2 Å². The van der Waals surface area contributed by atoms with Gasteiger partial charge in [-0.05, 0) is 61.2 Å². The zero-order chi connectivity index (χ0) is 26.8. The highest BCUT2D eigenvalue weighted by Crippen LogP contribution is 2.43. The fraction of sp³-hybridized carbons (Fsp3) is 0.200. The Kier molecular flexibility index (Phi) is 7.07. The van der Waals surface area contributed by atoms with Crippen LogP contribution in [0.15, 0.2) is 78.4 Å². The van der Waals surface area contributed by atoms with E-state index in [4.69, 9.17) is 4.74 Å². The largest absolute Gasteiger partial charge is 0.507 e. The maximum Gasteiger partial charge on any atom is 0.301 e. The quantitative estimate of drug-likeness (QED) is 0.183. The summed E-state index contributed by atoms with van der Waals surface area (Å²) in [5.74, 6) is -1.13. The van der Waals surface area contributed by atoms with Crippen LogP contribution in [0.4, 0.5) is 5.13 Å². The van der Waals surface area contributed by atoms with Gasteiger partial charge in [0, 0.05) is 5.56 Å². The number of hydrogen-bond donors (Lipinski definition) is 1. The highest BCUT2D eigenvalue weighted by atomic mass is 32.1. The smallest absolute Gasteiger partial charge is 0.301 e. The molecular formula is C30H27N3O4S. The van der Waals surface area contributed by atoms with Crippen molar-refractivity contribution in [1.29, 1.82) is 0 Å². The van der Waals surface area contributed by atoms with Crippen LogP contribution in [0.25, 0.3) is 5.76 Å². The summed E-state index contributed by atoms with van der Waals surface area (Å²) < 4.78 is 5.89. The summed E-state index contributed by atoms with van der Waals surface area (Å²) in [6, 6.07) is 21.8. The number of aromatic nitrogens is 2. The molecule has 1 aliphatic rings. The van der Waals surface area contributed by atoms with Crippen molar-refractivity contribution in [2.24, 2.45) is 0 Å². The molecule has 1 amide bonds. The van der Waals surface area contributed by atoms with E-state index in [2.05, 4.69) is 23.2 Å². The van der Waals surface area contributed by atoms with Gasteiger partial charge >= 0.3 is 5.91 Å². The SMILES string of the molecule is CCc1ccc([C@@H]2C(=C(O)c3ccc(OCc4cccc(C)c4)cc3)C(=O)C(=O)N2c2nnc(C)s2)cc1. The molecule has 0 radical (unpaired) electrons. The number of Topliss-reactive ketones (excluding diaryl/α,β-unsaturated/α-hetero) is 1.